The first-order valence-electron chi connectivity index (χ1n) is 6.33. The third-order valence-electron chi connectivity index (χ3n) is 3.35. The molecule has 1 unspecified atom stereocenters. The number of hydrogen-bond acceptors (Lipinski definition) is 3. The van der Waals surface area contributed by atoms with E-state index in [2.05, 4.69) is 16.6 Å². The Morgan fingerprint density at radius 1 is 1.30 bits per heavy atom. The summed E-state index contributed by atoms with van der Waals surface area (Å²) in [5.74, 6) is 5.70. The van der Waals surface area contributed by atoms with Gasteiger partial charge in [-0.15, -0.1) is 0 Å². The van der Waals surface area contributed by atoms with Crippen LogP contribution in [0, 0.1) is 13.8 Å². The van der Waals surface area contributed by atoms with Gasteiger partial charge in [0.05, 0.1) is 11.7 Å². The second-order valence-electron chi connectivity index (χ2n) is 4.96. The van der Waals surface area contributed by atoms with Crippen LogP contribution in [-0.4, -0.2) is 9.78 Å². The van der Waals surface area contributed by atoms with Gasteiger partial charge in [-0.25, -0.2) is 0 Å². The maximum absolute atomic E-state index is 6.27. The largest absolute Gasteiger partial charge is 0.271 e. The van der Waals surface area contributed by atoms with Crippen molar-refractivity contribution in [1.29, 1.82) is 0 Å². The Hall–Kier alpha value is -1.07. The number of nitrogens with zero attached hydrogens (tertiary/aromatic N) is 2. The highest BCUT2D eigenvalue weighted by Gasteiger charge is 2.18. The van der Waals surface area contributed by atoms with E-state index < -0.39 is 0 Å². The van der Waals surface area contributed by atoms with Gasteiger partial charge in [-0.2, -0.15) is 5.10 Å². The van der Waals surface area contributed by atoms with Crippen LogP contribution in [0.4, 0.5) is 0 Å². The third kappa shape index (κ3) is 3.15. The standard InChI is InChI=1S/C14H18Cl2N4/c1-8-4-10(6-11(15)5-8)13(18-17)7-12-9(2)19-20(3)14(12)16/h4-6,13,18H,7,17H2,1-3H3. The number of hydrazine groups is 1. The van der Waals surface area contributed by atoms with Gasteiger partial charge in [0.2, 0.25) is 0 Å². The topological polar surface area (TPSA) is 55.9 Å². The summed E-state index contributed by atoms with van der Waals surface area (Å²) in [6.45, 7) is 3.95. The first-order chi connectivity index (χ1) is 9.42. The molecule has 0 spiro atoms. The zero-order chi connectivity index (χ0) is 14.9. The summed E-state index contributed by atoms with van der Waals surface area (Å²) in [5.41, 5.74) is 6.88. The molecule has 0 aliphatic heterocycles. The van der Waals surface area contributed by atoms with E-state index in [4.69, 9.17) is 29.0 Å². The number of nitrogens with one attached hydrogen (secondary N) is 1. The van der Waals surface area contributed by atoms with E-state index in [9.17, 15) is 0 Å². The van der Waals surface area contributed by atoms with E-state index in [0.29, 0.717) is 16.6 Å². The van der Waals surface area contributed by atoms with Crippen LogP contribution in [0.3, 0.4) is 0 Å². The highest BCUT2D eigenvalue weighted by atomic mass is 35.5. The van der Waals surface area contributed by atoms with Crippen LogP contribution in [0.2, 0.25) is 10.2 Å². The number of aromatic nitrogens is 2. The Balaban J connectivity index is 2.33. The van der Waals surface area contributed by atoms with Gasteiger partial charge >= 0.3 is 0 Å². The fraction of sp³-hybridized carbons (Fsp3) is 0.357. The summed E-state index contributed by atoms with van der Waals surface area (Å²) in [5, 5.41) is 5.66. The molecule has 20 heavy (non-hydrogen) atoms. The van der Waals surface area contributed by atoms with Crippen LogP contribution >= 0.6 is 23.2 Å². The van der Waals surface area contributed by atoms with Crippen LogP contribution in [0.15, 0.2) is 18.2 Å². The molecule has 1 aromatic heterocycles. The summed E-state index contributed by atoms with van der Waals surface area (Å²) in [6.07, 6.45) is 0.661. The molecule has 6 heteroatoms. The van der Waals surface area contributed by atoms with Gasteiger partial charge in [0.25, 0.3) is 0 Å². The summed E-state index contributed by atoms with van der Waals surface area (Å²) in [6, 6.07) is 5.84. The van der Waals surface area contributed by atoms with Crippen LogP contribution in [0.5, 0.6) is 0 Å². The summed E-state index contributed by atoms with van der Waals surface area (Å²) < 4.78 is 1.67. The Kier molecular flexibility index (Phi) is 4.70. The average molecular weight is 313 g/mol. The zero-order valence-electron chi connectivity index (χ0n) is 11.7. The predicted molar refractivity (Wildman–Crippen MR) is 82.9 cm³/mol. The molecule has 2 aromatic rings. The smallest absolute Gasteiger partial charge is 0.130 e. The predicted octanol–water partition coefficient (Wildman–Crippen LogP) is 3.09. The van der Waals surface area contributed by atoms with E-state index in [1.165, 1.54) is 0 Å². The lowest BCUT2D eigenvalue weighted by Gasteiger charge is -2.17. The monoisotopic (exact) mass is 312 g/mol. The molecule has 1 aromatic carbocycles. The minimum absolute atomic E-state index is 0.0622. The van der Waals surface area contributed by atoms with Gasteiger partial charge in [0.1, 0.15) is 5.15 Å². The Morgan fingerprint density at radius 3 is 2.50 bits per heavy atom. The summed E-state index contributed by atoms with van der Waals surface area (Å²) >= 11 is 12.4. The molecule has 3 N–H and O–H groups in total. The zero-order valence-corrected chi connectivity index (χ0v) is 13.3. The molecule has 1 atom stereocenters. The van der Waals surface area contributed by atoms with E-state index in [0.717, 1.165) is 22.4 Å². The molecule has 0 fully saturated rings. The van der Waals surface area contributed by atoms with E-state index in [1.807, 2.05) is 33.0 Å². The first-order valence-corrected chi connectivity index (χ1v) is 7.09. The number of halogens is 2. The van der Waals surface area contributed by atoms with Crippen LogP contribution in [0.1, 0.15) is 28.4 Å². The van der Waals surface area contributed by atoms with Crippen molar-refractivity contribution in [3.8, 4) is 0 Å². The maximum atomic E-state index is 6.27. The van der Waals surface area contributed by atoms with Crippen LogP contribution in [-0.2, 0) is 13.5 Å². The van der Waals surface area contributed by atoms with Crippen molar-refractivity contribution in [1.82, 2.24) is 15.2 Å². The summed E-state index contributed by atoms with van der Waals surface area (Å²) in [4.78, 5) is 0. The molecular formula is C14H18Cl2N4. The van der Waals surface area contributed by atoms with Crippen molar-refractivity contribution >= 4 is 23.2 Å². The number of aryl methyl sites for hydroxylation is 3. The van der Waals surface area contributed by atoms with Crippen molar-refractivity contribution in [2.24, 2.45) is 12.9 Å². The van der Waals surface area contributed by atoms with Crippen molar-refractivity contribution in [3.05, 3.63) is 50.8 Å². The van der Waals surface area contributed by atoms with Crippen molar-refractivity contribution in [2.75, 3.05) is 0 Å². The number of hydrogen-bond donors (Lipinski definition) is 2. The highest BCUT2D eigenvalue weighted by molar-refractivity contribution is 6.30. The van der Waals surface area contributed by atoms with Crippen molar-refractivity contribution < 1.29 is 0 Å². The second-order valence-corrected chi connectivity index (χ2v) is 5.76. The highest BCUT2D eigenvalue weighted by Crippen LogP contribution is 2.27. The molecular weight excluding hydrogens is 295 g/mol. The number of rotatable bonds is 4. The molecule has 0 bridgehead atoms. The average Bonchev–Trinajstić information content (AvgIpc) is 2.60. The normalized spacial score (nSPS) is 12.7. The number of nitrogens with two attached hydrogens (primary N) is 1. The SMILES string of the molecule is Cc1cc(Cl)cc(C(Cc2c(C)nn(C)c2Cl)NN)c1. The molecule has 0 amide bonds. The third-order valence-corrected chi connectivity index (χ3v) is 4.04. The van der Waals surface area contributed by atoms with Gasteiger partial charge in [-0.1, -0.05) is 29.3 Å². The van der Waals surface area contributed by atoms with Crippen molar-refractivity contribution in [2.45, 2.75) is 26.3 Å². The maximum Gasteiger partial charge on any atom is 0.130 e. The molecule has 2 rings (SSSR count). The van der Waals surface area contributed by atoms with Gasteiger partial charge < -0.3 is 0 Å². The minimum atomic E-state index is -0.0622. The molecule has 108 valence electrons. The molecule has 0 radical (unpaired) electrons. The lowest BCUT2D eigenvalue weighted by Crippen LogP contribution is -2.29. The fourth-order valence-electron chi connectivity index (χ4n) is 2.35. The van der Waals surface area contributed by atoms with E-state index in [-0.39, 0.29) is 6.04 Å². The van der Waals surface area contributed by atoms with Crippen LogP contribution < -0.4 is 11.3 Å². The molecule has 0 aliphatic rings. The first kappa shape index (κ1) is 15.3. The summed E-state index contributed by atoms with van der Waals surface area (Å²) in [7, 11) is 1.83. The quantitative estimate of drug-likeness (QED) is 0.674. The van der Waals surface area contributed by atoms with Crippen LogP contribution in [0.25, 0.3) is 0 Å². The molecule has 0 saturated heterocycles. The Labute approximate surface area is 128 Å². The van der Waals surface area contributed by atoms with Crippen molar-refractivity contribution in [3.63, 3.8) is 0 Å². The fourth-order valence-corrected chi connectivity index (χ4v) is 2.90. The molecule has 0 saturated carbocycles. The Bertz CT molecular complexity index is 602. The van der Waals surface area contributed by atoms with Gasteiger partial charge in [0.15, 0.2) is 0 Å². The Morgan fingerprint density at radius 2 is 2.00 bits per heavy atom. The number of benzene rings is 1. The van der Waals surface area contributed by atoms with Gasteiger partial charge in [0, 0.05) is 17.6 Å². The molecule has 4 nitrogen and oxygen atoms in total. The van der Waals surface area contributed by atoms with Gasteiger partial charge in [-0.3, -0.25) is 16.0 Å². The second kappa shape index (κ2) is 6.14. The minimum Gasteiger partial charge on any atom is -0.271 e. The molecule has 0 aliphatic carbocycles. The lowest BCUT2D eigenvalue weighted by atomic mass is 9.98. The van der Waals surface area contributed by atoms with Gasteiger partial charge in [-0.05, 0) is 43.5 Å². The molecule has 1 heterocycles. The lowest BCUT2D eigenvalue weighted by molar-refractivity contribution is 0.550. The van der Waals surface area contributed by atoms with E-state index in [1.54, 1.807) is 4.68 Å². The van der Waals surface area contributed by atoms with E-state index >= 15 is 0 Å².